The Morgan fingerprint density at radius 2 is 1.91 bits per heavy atom. The molecule has 1 aliphatic carbocycles. The molecule has 2 fully saturated rings. The Hall–Kier alpha value is -1.36. The first kappa shape index (κ1) is 15.5. The quantitative estimate of drug-likeness (QED) is 0.741. The normalized spacial score (nSPS) is 28.9. The number of morpholine rings is 1. The average molecular weight is 306 g/mol. The van der Waals surface area contributed by atoms with Crippen LogP contribution in [0.25, 0.3) is 0 Å². The molecular formula is C17H26N2O3. The van der Waals surface area contributed by atoms with Crippen molar-refractivity contribution in [2.45, 2.75) is 32.1 Å². The standard InChI is InChI=1S/C17H26N2O3/c20-16(12-14-4-1-2-5-14)19-7-3-6-15(13-19)17(21)18-8-10-22-11-9-18/h1,4,14-15H,2-3,5-13H2. The van der Waals surface area contributed by atoms with E-state index in [2.05, 4.69) is 12.2 Å². The molecule has 2 heterocycles. The maximum absolute atomic E-state index is 12.6. The molecule has 2 aliphatic heterocycles. The fourth-order valence-corrected chi connectivity index (χ4v) is 3.67. The Morgan fingerprint density at radius 1 is 1.09 bits per heavy atom. The van der Waals surface area contributed by atoms with E-state index in [9.17, 15) is 9.59 Å². The monoisotopic (exact) mass is 306 g/mol. The predicted octanol–water partition coefficient (Wildman–Crippen LogP) is 1.44. The second-order valence-corrected chi connectivity index (χ2v) is 6.59. The summed E-state index contributed by atoms with van der Waals surface area (Å²) in [7, 11) is 0. The molecule has 0 saturated carbocycles. The van der Waals surface area contributed by atoms with E-state index in [0.29, 0.717) is 45.2 Å². The smallest absolute Gasteiger partial charge is 0.227 e. The first-order valence-corrected chi connectivity index (χ1v) is 8.55. The van der Waals surface area contributed by atoms with Crippen molar-refractivity contribution in [2.75, 3.05) is 39.4 Å². The molecule has 2 unspecified atom stereocenters. The number of carbonyl (C=O) groups is 2. The van der Waals surface area contributed by atoms with Gasteiger partial charge < -0.3 is 14.5 Å². The molecule has 0 N–H and O–H groups in total. The molecule has 0 radical (unpaired) electrons. The summed E-state index contributed by atoms with van der Waals surface area (Å²) in [4.78, 5) is 28.9. The van der Waals surface area contributed by atoms with Crippen molar-refractivity contribution in [1.29, 1.82) is 0 Å². The van der Waals surface area contributed by atoms with Crippen LogP contribution >= 0.6 is 0 Å². The third-order valence-corrected chi connectivity index (χ3v) is 5.00. The first-order chi connectivity index (χ1) is 10.7. The maximum atomic E-state index is 12.6. The highest BCUT2D eigenvalue weighted by Gasteiger charge is 2.32. The minimum Gasteiger partial charge on any atom is -0.378 e. The van der Waals surface area contributed by atoms with Crippen molar-refractivity contribution in [2.24, 2.45) is 11.8 Å². The summed E-state index contributed by atoms with van der Waals surface area (Å²) in [5.74, 6) is 0.815. The van der Waals surface area contributed by atoms with Crippen molar-refractivity contribution in [3.63, 3.8) is 0 Å². The molecule has 0 aromatic heterocycles. The van der Waals surface area contributed by atoms with Gasteiger partial charge >= 0.3 is 0 Å². The molecule has 0 aromatic carbocycles. The summed E-state index contributed by atoms with van der Waals surface area (Å²) >= 11 is 0. The molecule has 3 aliphatic rings. The molecule has 5 heteroatoms. The van der Waals surface area contributed by atoms with E-state index in [1.165, 1.54) is 0 Å². The fraction of sp³-hybridized carbons (Fsp3) is 0.765. The molecular weight excluding hydrogens is 280 g/mol. The van der Waals surface area contributed by atoms with Gasteiger partial charge in [-0.05, 0) is 31.6 Å². The third kappa shape index (κ3) is 3.69. The van der Waals surface area contributed by atoms with Crippen LogP contribution in [0.5, 0.6) is 0 Å². The molecule has 0 aromatic rings. The molecule has 5 nitrogen and oxygen atoms in total. The van der Waals surface area contributed by atoms with Gasteiger partial charge in [0.15, 0.2) is 0 Å². The van der Waals surface area contributed by atoms with Crippen LogP contribution in [0.15, 0.2) is 12.2 Å². The van der Waals surface area contributed by atoms with Crippen LogP contribution in [-0.2, 0) is 14.3 Å². The number of amides is 2. The van der Waals surface area contributed by atoms with E-state index < -0.39 is 0 Å². The Balaban J connectivity index is 1.52. The van der Waals surface area contributed by atoms with Gasteiger partial charge in [0.05, 0.1) is 19.1 Å². The molecule has 2 amide bonds. The molecule has 22 heavy (non-hydrogen) atoms. The number of rotatable bonds is 3. The Bertz CT molecular complexity index is 443. The van der Waals surface area contributed by atoms with Gasteiger partial charge in [0.2, 0.25) is 11.8 Å². The van der Waals surface area contributed by atoms with Gasteiger partial charge in [0.25, 0.3) is 0 Å². The highest BCUT2D eigenvalue weighted by molar-refractivity contribution is 5.81. The van der Waals surface area contributed by atoms with Crippen LogP contribution in [0.4, 0.5) is 0 Å². The predicted molar refractivity (Wildman–Crippen MR) is 83.2 cm³/mol. The van der Waals surface area contributed by atoms with Gasteiger partial charge in [0, 0.05) is 32.6 Å². The van der Waals surface area contributed by atoms with Gasteiger partial charge in [-0.15, -0.1) is 0 Å². The van der Waals surface area contributed by atoms with Gasteiger partial charge in [-0.1, -0.05) is 12.2 Å². The minimum atomic E-state index is -0.0186. The number of hydrogen-bond donors (Lipinski definition) is 0. The summed E-state index contributed by atoms with van der Waals surface area (Å²) in [5, 5.41) is 0. The second kappa shape index (κ2) is 7.27. The lowest BCUT2D eigenvalue weighted by Gasteiger charge is -2.36. The summed E-state index contributed by atoms with van der Waals surface area (Å²) in [6.45, 7) is 4.06. The van der Waals surface area contributed by atoms with Crippen molar-refractivity contribution in [1.82, 2.24) is 9.80 Å². The third-order valence-electron chi connectivity index (χ3n) is 5.00. The average Bonchev–Trinajstić information content (AvgIpc) is 3.08. The first-order valence-electron chi connectivity index (χ1n) is 8.55. The topological polar surface area (TPSA) is 49.9 Å². The fourth-order valence-electron chi connectivity index (χ4n) is 3.67. The zero-order chi connectivity index (χ0) is 15.4. The SMILES string of the molecule is O=C(CC1C=CCC1)N1CCCC(C(=O)N2CCOCC2)C1. The van der Waals surface area contributed by atoms with Crippen molar-refractivity contribution in [3.05, 3.63) is 12.2 Å². The summed E-state index contributed by atoms with van der Waals surface area (Å²) in [6.07, 6.45) is 8.97. The second-order valence-electron chi connectivity index (χ2n) is 6.59. The van der Waals surface area contributed by atoms with Gasteiger partial charge in [-0.25, -0.2) is 0 Å². The van der Waals surface area contributed by atoms with Gasteiger partial charge in [-0.3, -0.25) is 9.59 Å². The van der Waals surface area contributed by atoms with Crippen LogP contribution < -0.4 is 0 Å². The van der Waals surface area contributed by atoms with Gasteiger partial charge in [0.1, 0.15) is 0 Å². The lowest BCUT2D eigenvalue weighted by molar-refractivity contribution is -0.144. The van der Waals surface area contributed by atoms with Crippen LogP contribution in [0, 0.1) is 11.8 Å². The van der Waals surface area contributed by atoms with Crippen LogP contribution in [-0.4, -0.2) is 61.0 Å². The zero-order valence-electron chi connectivity index (χ0n) is 13.2. The molecule has 122 valence electrons. The van der Waals surface area contributed by atoms with Gasteiger partial charge in [-0.2, -0.15) is 0 Å². The lowest BCUT2D eigenvalue weighted by atomic mass is 9.95. The Morgan fingerprint density at radius 3 is 2.64 bits per heavy atom. The lowest BCUT2D eigenvalue weighted by Crippen LogP contribution is -2.49. The Kier molecular flexibility index (Phi) is 5.13. The summed E-state index contributed by atoms with van der Waals surface area (Å²) in [5.41, 5.74) is 0. The van der Waals surface area contributed by atoms with Crippen molar-refractivity contribution >= 4 is 11.8 Å². The van der Waals surface area contributed by atoms with E-state index in [-0.39, 0.29) is 17.7 Å². The zero-order valence-corrected chi connectivity index (χ0v) is 13.2. The number of ether oxygens (including phenoxy) is 1. The number of allylic oxidation sites excluding steroid dienone is 2. The Labute approximate surface area is 132 Å². The van der Waals surface area contributed by atoms with Crippen molar-refractivity contribution in [3.8, 4) is 0 Å². The molecule has 3 rings (SSSR count). The molecule has 2 saturated heterocycles. The van der Waals surface area contributed by atoms with Crippen molar-refractivity contribution < 1.29 is 14.3 Å². The highest BCUT2D eigenvalue weighted by Crippen LogP contribution is 2.24. The number of piperidine rings is 1. The van der Waals surface area contributed by atoms with Crippen LogP contribution in [0.1, 0.15) is 32.1 Å². The van der Waals surface area contributed by atoms with E-state index >= 15 is 0 Å². The molecule has 2 atom stereocenters. The number of hydrogen-bond acceptors (Lipinski definition) is 3. The maximum Gasteiger partial charge on any atom is 0.227 e. The largest absolute Gasteiger partial charge is 0.378 e. The van der Waals surface area contributed by atoms with E-state index in [1.54, 1.807) is 0 Å². The number of carbonyl (C=O) groups excluding carboxylic acids is 2. The molecule has 0 spiro atoms. The number of likely N-dealkylation sites (tertiary alicyclic amines) is 1. The van der Waals surface area contributed by atoms with E-state index in [4.69, 9.17) is 4.74 Å². The van der Waals surface area contributed by atoms with E-state index in [1.807, 2.05) is 9.80 Å². The van der Waals surface area contributed by atoms with Crippen LogP contribution in [0.2, 0.25) is 0 Å². The highest BCUT2D eigenvalue weighted by atomic mass is 16.5. The minimum absolute atomic E-state index is 0.0186. The number of nitrogens with zero attached hydrogens (tertiary/aromatic N) is 2. The summed E-state index contributed by atoms with van der Waals surface area (Å²) in [6, 6.07) is 0. The molecule has 0 bridgehead atoms. The summed E-state index contributed by atoms with van der Waals surface area (Å²) < 4.78 is 5.31. The van der Waals surface area contributed by atoms with E-state index in [0.717, 1.165) is 32.2 Å². The van der Waals surface area contributed by atoms with Crippen LogP contribution in [0.3, 0.4) is 0 Å².